The van der Waals surface area contributed by atoms with Crippen LogP contribution in [0.3, 0.4) is 0 Å². The van der Waals surface area contributed by atoms with Crippen LogP contribution in [-0.2, 0) is 4.74 Å². The molecule has 0 amide bonds. The van der Waals surface area contributed by atoms with Gasteiger partial charge in [-0.3, -0.25) is 4.57 Å². The number of halogens is 1. The van der Waals surface area contributed by atoms with Gasteiger partial charge in [-0.1, -0.05) is 0 Å². The van der Waals surface area contributed by atoms with Gasteiger partial charge in [-0.05, 0) is 74.2 Å². The lowest BCUT2D eigenvalue weighted by atomic mass is 10.1. The van der Waals surface area contributed by atoms with Crippen LogP contribution in [-0.4, -0.2) is 54.9 Å². The van der Waals surface area contributed by atoms with Crippen LogP contribution in [0.5, 0.6) is 0 Å². The highest BCUT2D eigenvalue weighted by atomic mass is 19.1. The maximum Gasteiger partial charge on any atom is 0.167 e. The summed E-state index contributed by atoms with van der Waals surface area (Å²) < 4.78 is 21.7. The molecule has 5 rings (SSSR count). The molecule has 1 saturated heterocycles. The number of nitrogens with zero attached hydrogens (tertiary/aromatic N) is 5. The number of piperidine rings is 1. The standard InChI is InChI=1S/C28H33FN6O/c1-33(15-6-18-36-2)21-8-10-22(11-9-21)35-27(20-7-12-24(30)23(29)19-20)32-26-25(13-14-31-28(26)35)34-16-4-3-5-17-34/h7-14,19H,3-6,15-18,30H2,1-2H3. The zero-order valence-corrected chi connectivity index (χ0v) is 21.0. The predicted molar refractivity (Wildman–Crippen MR) is 144 cm³/mol. The molecule has 1 fully saturated rings. The fourth-order valence-electron chi connectivity index (χ4n) is 4.89. The number of hydrogen-bond donors (Lipinski definition) is 1. The van der Waals surface area contributed by atoms with Gasteiger partial charge in [0.25, 0.3) is 0 Å². The Labute approximate surface area is 211 Å². The largest absolute Gasteiger partial charge is 0.396 e. The van der Waals surface area contributed by atoms with E-state index in [1.807, 2.05) is 22.9 Å². The first kappa shape index (κ1) is 24.1. The summed E-state index contributed by atoms with van der Waals surface area (Å²) in [7, 11) is 3.80. The highest BCUT2D eigenvalue weighted by molar-refractivity contribution is 5.90. The van der Waals surface area contributed by atoms with Crippen LogP contribution >= 0.6 is 0 Å². The minimum Gasteiger partial charge on any atom is -0.396 e. The summed E-state index contributed by atoms with van der Waals surface area (Å²) in [5.41, 5.74) is 11.2. The number of nitrogens with two attached hydrogens (primary N) is 1. The number of benzene rings is 2. The van der Waals surface area contributed by atoms with E-state index in [4.69, 9.17) is 20.4 Å². The lowest BCUT2D eigenvalue weighted by molar-refractivity contribution is 0.196. The van der Waals surface area contributed by atoms with E-state index in [1.54, 1.807) is 13.2 Å². The third-order valence-corrected chi connectivity index (χ3v) is 6.87. The molecule has 2 aromatic heterocycles. The van der Waals surface area contributed by atoms with Gasteiger partial charge in [-0.15, -0.1) is 0 Å². The summed E-state index contributed by atoms with van der Waals surface area (Å²) in [5, 5.41) is 0. The van der Waals surface area contributed by atoms with E-state index < -0.39 is 5.82 Å². The molecular formula is C28H33FN6O. The van der Waals surface area contributed by atoms with Crippen LogP contribution in [0.4, 0.5) is 21.5 Å². The molecule has 0 unspecified atom stereocenters. The fourth-order valence-corrected chi connectivity index (χ4v) is 4.89. The van der Waals surface area contributed by atoms with E-state index in [1.165, 1.54) is 25.3 Å². The van der Waals surface area contributed by atoms with Crippen LogP contribution in [0, 0.1) is 5.82 Å². The maximum absolute atomic E-state index is 14.5. The van der Waals surface area contributed by atoms with Gasteiger partial charge in [0.15, 0.2) is 5.65 Å². The van der Waals surface area contributed by atoms with E-state index in [0.29, 0.717) is 11.4 Å². The van der Waals surface area contributed by atoms with Gasteiger partial charge in [-0.25, -0.2) is 14.4 Å². The first-order valence-corrected chi connectivity index (χ1v) is 12.5. The lowest BCUT2D eigenvalue weighted by Gasteiger charge is -2.28. The topological polar surface area (TPSA) is 72.4 Å². The molecule has 0 saturated carbocycles. The monoisotopic (exact) mass is 488 g/mol. The fraction of sp³-hybridized carbons (Fsp3) is 0.357. The van der Waals surface area contributed by atoms with Crippen molar-refractivity contribution in [2.45, 2.75) is 25.7 Å². The van der Waals surface area contributed by atoms with E-state index in [0.717, 1.165) is 60.9 Å². The molecule has 0 atom stereocenters. The molecule has 3 heterocycles. The molecule has 2 N–H and O–H groups in total. The van der Waals surface area contributed by atoms with Crippen LogP contribution in [0.15, 0.2) is 54.7 Å². The first-order valence-electron chi connectivity index (χ1n) is 12.5. The van der Waals surface area contributed by atoms with Crippen molar-refractivity contribution in [1.29, 1.82) is 0 Å². The Morgan fingerprint density at radius 2 is 1.83 bits per heavy atom. The second kappa shape index (κ2) is 10.5. The van der Waals surface area contributed by atoms with Crippen LogP contribution in [0.25, 0.3) is 28.2 Å². The summed E-state index contributed by atoms with van der Waals surface area (Å²) in [5.74, 6) is 0.186. The van der Waals surface area contributed by atoms with Gasteiger partial charge in [-0.2, -0.15) is 0 Å². The third kappa shape index (κ3) is 4.73. The van der Waals surface area contributed by atoms with Gasteiger partial charge in [0.1, 0.15) is 17.2 Å². The second-order valence-corrected chi connectivity index (χ2v) is 9.34. The minimum absolute atomic E-state index is 0.120. The molecule has 188 valence electrons. The van der Waals surface area contributed by atoms with Gasteiger partial charge in [0.05, 0.1) is 11.4 Å². The number of hydrogen-bond acceptors (Lipinski definition) is 6. The number of imidazole rings is 1. The summed E-state index contributed by atoms with van der Waals surface area (Å²) in [6.45, 7) is 3.64. The van der Waals surface area contributed by atoms with Gasteiger partial charge in [0.2, 0.25) is 0 Å². The van der Waals surface area contributed by atoms with Gasteiger partial charge in [0, 0.05) is 63.5 Å². The molecular weight excluding hydrogens is 455 g/mol. The number of anilines is 3. The summed E-state index contributed by atoms with van der Waals surface area (Å²) in [6, 6.07) is 15.2. The molecule has 1 aliphatic heterocycles. The minimum atomic E-state index is -0.455. The van der Waals surface area contributed by atoms with E-state index in [2.05, 4.69) is 41.1 Å². The van der Waals surface area contributed by atoms with E-state index in [9.17, 15) is 4.39 Å². The number of rotatable bonds is 8. The highest BCUT2D eigenvalue weighted by Crippen LogP contribution is 2.34. The average Bonchev–Trinajstić information content (AvgIpc) is 3.30. The Morgan fingerprint density at radius 3 is 2.56 bits per heavy atom. The third-order valence-electron chi connectivity index (χ3n) is 6.87. The Balaban J connectivity index is 1.61. The Kier molecular flexibility index (Phi) is 7.04. The summed E-state index contributed by atoms with van der Waals surface area (Å²) in [4.78, 5) is 14.4. The number of methoxy groups -OCH3 is 1. The molecule has 0 radical (unpaired) electrons. The molecule has 0 aliphatic carbocycles. The van der Waals surface area contributed by atoms with Gasteiger partial charge >= 0.3 is 0 Å². The van der Waals surface area contributed by atoms with Crippen molar-refractivity contribution in [2.24, 2.45) is 0 Å². The van der Waals surface area contributed by atoms with Crippen molar-refractivity contribution in [1.82, 2.24) is 14.5 Å². The molecule has 2 aromatic carbocycles. The number of fused-ring (bicyclic) bond motifs is 1. The summed E-state index contributed by atoms with van der Waals surface area (Å²) in [6.07, 6.45) is 6.38. The van der Waals surface area contributed by atoms with Crippen LogP contribution < -0.4 is 15.5 Å². The molecule has 7 nitrogen and oxygen atoms in total. The molecule has 0 spiro atoms. The quantitative estimate of drug-likeness (QED) is 0.269. The first-order chi connectivity index (χ1) is 17.6. The van der Waals surface area contributed by atoms with Crippen LogP contribution in [0.2, 0.25) is 0 Å². The van der Waals surface area contributed by atoms with Gasteiger partial charge < -0.3 is 20.3 Å². The van der Waals surface area contributed by atoms with Crippen molar-refractivity contribution >= 4 is 28.2 Å². The highest BCUT2D eigenvalue weighted by Gasteiger charge is 2.22. The zero-order valence-electron chi connectivity index (χ0n) is 21.0. The molecule has 4 aromatic rings. The Hall–Kier alpha value is -3.65. The van der Waals surface area contributed by atoms with Crippen molar-refractivity contribution in [3.8, 4) is 17.1 Å². The van der Waals surface area contributed by atoms with E-state index in [-0.39, 0.29) is 5.69 Å². The molecule has 0 bridgehead atoms. The number of nitrogen functional groups attached to an aromatic ring is 1. The Bertz CT molecular complexity index is 1330. The molecule has 1 aliphatic rings. The van der Waals surface area contributed by atoms with Crippen molar-refractivity contribution in [3.05, 3.63) is 60.5 Å². The van der Waals surface area contributed by atoms with E-state index >= 15 is 0 Å². The second-order valence-electron chi connectivity index (χ2n) is 9.34. The zero-order chi connectivity index (χ0) is 25.1. The SMILES string of the molecule is COCCCN(C)c1ccc(-n2c(-c3ccc(N)c(F)c3)nc3c(N4CCCCC4)ccnc32)cc1. The lowest BCUT2D eigenvalue weighted by Crippen LogP contribution is -2.29. The summed E-state index contributed by atoms with van der Waals surface area (Å²) >= 11 is 0. The molecule has 8 heteroatoms. The number of aromatic nitrogens is 3. The number of ether oxygens (including phenoxy) is 1. The smallest absolute Gasteiger partial charge is 0.167 e. The van der Waals surface area contributed by atoms with Crippen molar-refractivity contribution in [2.75, 3.05) is 55.9 Å². The van der Waals surface area contributed by atoms with Crippen molar-refractivity contribution in [3.63, 3.8) is 0 Å². The normalized spacial score (nSPS) is 13.9. The average molecular weight is 489 g/mol. The predicted octanol–water partition coefficient (Wildman–Crippen LogP) is 5.27. The molecule has 36 heavy (non-hydrogen) atoms. The number of pyridine rings is 1. The van der Waals surface area contributed by atoms with Crippen LogP contribution in [0.1, 0.15) is 25.7 Å². The maximum atomic E-state index is 14.5. The Morgan fingerprint density at radius 1 is 1.06 bits per heavy atom. The van der Waals surface area contributed by atoms with Crippen molar-refractivity contribution < 1.29 is 9.13 Å².